The van der Waals surface area contributed by atoms with Crippen molar-refractivity contribution < 1.29 is 38.0 Å². The van der Waals surface area contributed by atoms with Gasteiger partial charge in [-0.15, -0.1) is 0 Å². The highest BCUT2D eigenvalue weighted by Crippen LogP contribution is 2.52. The molecule has 0 aromatic heterocycles. The van der Waals surface area contributed by atoms with E-state index in [0.717, 1.165) is 101 Å². The van der Waals surface area contributed by atoms with Crippen LogP contribution in [0.15, 0.2) is 121 Å². The fraction of sp³-hybridized carbons (Fsp3) is 0.214. The van der Waals surface area contributed by atoms with Crippen LogP contribution in [0.4, 0.5) is 0 Å². The Labute approximate surface area is 372 Å². The van der Waals surface area contributed by atoms with Crippen molar-refractivity contribution in [2.24, 2.45) is 0 Å². The van der Waals surface area contributed by atoms with E-state index < -0.39 is 0 Å². The van der Waals surface area contributed by atoms with Crippen LogP contribution >= 0.6 is 0 Å². The highest BCUT2D eigenvalue weighted by atomic mass is 16.5. The van der Waals surface area contributed by atoms with Crippen LogP contribution in [0.5, 0.6) is 46.0 Å². The van der Waals surface area contributed by atoms with Gasteiger partial charge < -0.3 is 28.4 Å². The molecule has 0 unspecified atom stereocenters. The van der Waals surface area contributed by atoms with Crippen molar-refractivity contribution in [3.8, 4) is 46.0 Å². The zero-order valence-electron chi connectivity index (χ0n) is 35.9. The fourth-order valence-electron chi connectivity index (χ4n) is 9.91. The molecule has 7 aromatic carbocycles. The lowest BCUT2D eigenvalue weighted by Crippen LogP contribution is -2.13. The second kappa shape index (κ2) is 16.4. The van der Waals surface area contributed by atoms with Gasteiger partial charge in [-0.1, -0.05) is 109 Å². The van der Waals surface area contributed by atoms with Crippen LogP contribution in [0.25, 0.3) is 0 Å². The largest absolute Gasteiger partial charge is 0.466 e. The molecule has 4 heterocycles. The third-order valence-corrected chi connectivity index (χ3v) is 12.8. The average Bonchev–Trinajstić information content (AvgIpc) is 3.39. The highest BCUT2D eigenvalue weighted by Gasteiger charge is 2.30. The summed E-state index contributed by atoms with van der Waals surface area (Å²) in [6, 6.07) is 41.6. The maximum absolute atomic E-state index is 13.4. The minimum Gasteiger partial charge on any atom is -0.466 e. The number of carbonyl (C=O) groups is 2. The quantitative estimate of drug-likeness (QED) is 0.153. The molecular weight excluding hydrogens is 801 g/mol. The highest BCUT2D eigenvalue weighted by molar-refractivity contribution is 5.75. The van der Waals surface area contributed by atoms with E-state index in [4.69, 9.17) is 28.4 Å². The minimum atomic E-state index is -0.268. The molecule has 0 saturated carbocycles. The molecule has 0 atom stereocenters. The third-order valence-electron chi connectivity index (χ3n) is 12.8. The zero-order chi connectivity index (χ0) is 43.3. The van der Waals surface area contributed by atoms with Gasteiger partial charge in [0.1, 0.15) is 23.0 Å². The monoisotopic (exact) mass is 846 g/mol. The van der Waals surface area contributed by atoms with Gasteiger partial charge in [-0.25, -0.2) is 0 Å². The summed E-state index contributed by atoms with van der Waals surface area (Å²) in [5, 5.41) is 0. The molecular formula is C56H46O8. The van der Waals surface area contributed by atoms with Crippen molar-refractivity contribution in [1.29, 1.82) is 0 Å². The molecule has 7 aromatic rings. The molecule has 64 heavy (non-hydrogen) atoms. The zero-order valence-corrected chi connectivity index (χ0v) is 35.9. The number of carbonyl (C=O) groups excluding carboxylic acids is 2. The molecule has 4 aliphatic rings. The Balaban J connectivity index is 1.23. The molecule has 0 spiro atoms. The number of hydrogen-bond acceptors (Lipinski definition) is 8. The second-order valence-corrected chi connectivity index (χ2v) is 16.9. The third kappa shape index (κ3) is 7.32. The first-order valence-electron chi connectivity index (χ1n) is 22.2. The van der Waals surface area contributed by atoms with Crippen molar-refractivity contribution in [3.63, 3.8) is 0 Å². The van der Waals surface area contributed by atoms with E-state index in [-0.39, 0.29) is 24.8 Å². The molecule has 0 saturated heterocycles. The van der Waals surface area contributed by atoms with Crippen molar-refractivity contribution in [2.45, 2.75) is 65.2 Å². The van der Waals surface area contributed by atoms with Crippen LogP contribution in [0.1, 0.15) is 91.7 Å². The predicted molar refractivity (Wildman–Crippen MR) is 243 cm³/mol. The Hall–Kier alpha value is -7.32. The molecule has 11 rings (SSSR count). The number of benzene rings is 7. The number of ether oxygens (including phenoxy) is 6. The van der Waals surface area contributed by atoms with Crippen LogP contribution in [0, 0.1) is 0 Å². The van der Waals surface area contributed by atoms with Crippen LogP contribution in [-0.4, -0.2) is 25.2 Å². The number of esters is 2. The summed E-state index contributed by atoms with van der Waals surface area (Å²) in [5.74, 6) is 4.22. The molecule has 0 radical (unpaired) electrons. The van der Waals surface area contributed by atoms with Crippen LogP contribution in [0.2, 0.25) is 0 Å². The standard InChI is InChI=1S/C56H46O8/c1-3-59-51(57)29-45-33-11-5-12-34(45)24-38-16-8-20-42-28-44-22-10-18-40-26-36-14-6-13-35(46(36)30-52(58)60-4-2)25-39-17-9-21-43-27-41-19-7-15-37(23-33)53(41)61-47-31-48(62-54(38)42)50(64-56(40)44)32-49(47)63-55(39)43/h5-22,31-32H,3-4,23-30H2,1-2H3. The number of rotatable bonds is 6. The van der Waals surface area contributed by atoms with Gasteiger partial charge in [0.05, 0.1) is 26.1 Å². The van der Waals surface area contributed by atoms with E-state index in [9.17, 15) is 9.59 Å². The average molecular weight is 847 g/mol. The fourth-order valence-corrected chi connectivity index (χ4v) is 9.91. The van der Waals surface area contributed by atoms with Crippen molar-refractivity contribution in [3.05, 3.63) is 199 Å². The van der Waals surface area contributed by atoms with Crippen molar-refractivity contribution in [2.75, 3.05) is 13.2 Å². The predicted octanol–water partition coefficient (Wildman–Crippen LogP) is 11.9. The lowest BCUT2D eigenvalue weighted by Gasteiger charge is -2.23. The summed E-state index contributed by atoms with van der Waals surface area (Å²) in [6.45, 7) is 4.28. The second-order valence-electron chi connectivity index (χ2n) is 16.9. The first-order chi connectivity index (χ1) is 31.4. The van der Waals surface area contributed by atoms with Crippen LogP contribution in [-0.2, 0) is 70.4 Å². The van der Waals surface area contributed by atoms with Gasteiger partial charge in [-0.05, 0) is 91.7 Å². The summed E-state index contributed by atoms with van der Waals surface area (Å²) >= 11 is 0. The van der Waals surface area contributed by atoms with Gasteiger partial charge in [0.2, 0.25) is 0 Å². The van der Waals surface area contributed by atoms with E-state index in [1.807, 2.05) is 26.0 Å². The molecule has 4 aliphatic heterocycles. The SMILES string of the molecule is CCOC(=O)Cc1c2cccc1Cc1cccc3c1Oc1cc4c5cc1Oc1c(cccc1C3)Cc1cccc(c1CC(=O)OCC)Cc1cccc(c1O5)Cc1cccc(c1O4)C2. The van der Waals surface area contributed by atoms with E-state index in [2.05, 4.69) is 109 Å². The van der Waals surface area contributed by atoms with Gasteiger partial charge in [0.15, 0.2) is 23.0 Å². The van der Waals surface area contributed by atoms with Gasteiger partial charge in [0, 0.05) is 50.7 Å². The maximum Gasteiger partial charge on any atom is 0.310 e. The number of fused-ring (bicyclic) bond motifs is 4. The van der Waals surface area contributed by atoms with E-state index in [1.165, 1.54) is 0 Å². The first kappa shape index (κ1) is 39.5. The summed E-state index contributed by atoms with van der Waals surface area (Å²) < 4.78 is 39.9. The van der Waals surface area contributed by atoms with Crippen molar-refractivity contribution in [1.82, 2.24) is 0 Å². The molecule has 0 N–H and O–H groups in total. The Bertz CT molecular complexity index is 2660. The lowest BCUT2D eigenvalue weighted by atomic mass is 9.87. The Morgan fingerprint density at radius 3 is 0.828 bits per heavy atom. The summed E-state index contributed by atoms with van der Waals surface area (Å²) in [6.07, 6.45) is 3.38. The van der Waals surface area contributed by atoms with Gasteiger partial charge in [-0.3, -0.25) is 9.59 Å². The minimum absolute atomic E-state index is 0.135. The lowest BCUT2D eigenvalue weighted by molar-refractivity contribution is -0.143. The molecule has 0 fully saturated rings. The molecule has 8 heteroatoms. The smallest absolute Gasteiger partial charge is 0.310 e. The van der Waals surface area contributed by atoms with Crippen LogP contribution in [0.3, 0.4) is 0 Å². The Kier molecular flexibility index (Phi) is 10.1. The summed E-state index contributed by atoms with van der Waals surface area (Å²) in [7, 11) is 0. The van der Waals surface area contributed by atoms with Crippen LogP contribution < -0.4 is 18.9 Å². The maximum atomic E-state index is 13.4. The van der Waals surface area contributed by atoms with Gasteiger partial charge >= 0.3 is 11.9 Å². The summed E-state index contributed by atoms with van der Waals surface area (Å²) in [4.78, 5) is 26.8. The molecule has 8 nitrogen and oxygen atoms in total. The topological polar surface area (TPSA) is 89.5 Å². The summed E-state index contributed by atoms with van der Waals surface area (Å²) in [5.41, 5.74) is 13.8. The van der Waals surface area contributed by atoms with Gasteiger partial charge in [-0.2, -0.15) is 0 Å². The normalized spacial score (nSPS) is 13.7. The number of para-hydroxylation sites is 4. The Morgan fingerprint density at radius 1 is 0.375 bits per heavy atom. The van der Waals surface area contributed by atoms with E-state index in [1.54, 1.807) is 0 Å². The van der Waals surface area contributed by atoms with Crippen molar-refractivity contribution >= 4 is 11.9 Å². The molecule has 318 valence electrons. The van der Waals surface area contributed by atoms with E-state index >= 15 is 0 Å². The first-order valence-corrected chi connectivity index (χ1v) is 22.2. The Morgan fingerprint density at radius 2 is 0.594 bits per heavy atom. The molecule has 0 aliphatic carbocycles. The molecule has 0 amide bonds. The van der Waals surface area contributed by atoms with E-state index in [0.29, 0.717) is 74.7 Å². The van der Waals surface area contributed by atoms with Gasteiger partial charge in [0.25, 0.3) is 0 Å². The molecule has 12 bridgehead atoms. The number of hydrogen-bond donors (Lipinski definition) is 0.